The summed E-state index contributed by atoms with van der Waals surface area (Å²) in [4.78, 5) is 7.01. The van der Waals surface area contributed by atoms with Crippen LogP contribution in [0.1, 0.15) is 17.1 Å². The first-order valence-corrected chi connectivity index (χ1v) is 5.37. The Kier molecular flexibility index (Phi) is 3.27. The zero-order valence-electron chi connectivity index (χ0n) is 9.67. The number of nitrogens with one attached hydrogen (secondary N) is 2. The molecule has 1 aromatic carbocycles. The second kappa shape index (κ2) is 4.72. The third-order valence-electron chi connectivity index (χ3n) is 2.43. The molecule has 2 rings (SSSR count). The standard InChI is InChI=1S/C12H12F3N3/c1-8-16-6-11(18-8)7-17-10-4-2-3-9(5-10)12(13,14)15/h2-6,17H,7H2,1H3,(H,16,18). The van der Waals surface area contributed by atoms with Crippen LogP contribution in [-0.2, 0) is 12.7 Å². The van der Waals surface area contributed by atoms with Crippen LogP contribution in [0.5, 0.6) is 0 Å². The average molecular weight is 255 g/mol. The van der Waals surface area contributed by atoms with Gasteiger partial charge in [-0.2, -0.15) is 13.2 Å². The Morgan fingerprint density at radius 1 is 1.33 bits per heavy atom. The SMILES string of the molecule is Cc1ncc(CNc2cccc(C(F)(F)F)c2)[nH]1. The summed E-state index contributed by atoms with van der Waals surface area (Å²) >= 11 is 0. The van der Waals surface area contributed by atoms with Crippen LogP contribution in [-0.4, -0.2) is 9.97 Å². The van der Waals surface area contributed by atoms with Crippen LogP contribution in [0.3, 0.4) is 0 Å². The van der Waals surface area contributed by atoms with Gasteiger partial charge in [-0.1, -0.05) is 6.07 Å². The van der Waals surface area contributed by atoms with Crippen molar-refractivity contribution in [3.63, 3.8) is 0 Å². The Balaban J connectivity index is 2.06. The van der Waals surface area contributed by atoms with E-state index in [-0.39, 0.29) is 0 Å². The fourth-order valence-electron chi connectivity index (χ4n) is 1.56. The minimum absolute atomic E-state index is 0.405. The Labute approximate surface area is 102 Å². The van der Waals surface area contributed by atoms with Crippen LogP contribution >= 0.6 is 0 Å². The number of halogens is 3. The van der Waals surface area contributed by atoms with Crippen molar-refractivity contribution in [2.24, 2.45) is 0 Å². The summed E-state index contributed by atoms with van der Waals surface area (Å²) in [6, 6.07) is 5.11. The number of aromatic amines is 1. The number of hydrogen-bond donors (Lipinski definition) is 2. The van der Waals surface area contributed by atoms with Gasteiger partial charge in [-0.05, 0) is 25.1 Å². The molecule has 2 aromatic rings. The Morgan fingerprint density at radius 2 is 2.11 bits per heavy atom. The molecule has 1 heterocycles. The van der Waals surface area contributed by atoms with Crippen LogP contribution in [0, 0.1) is 6.92 Å². The summed E-state index contributed by atoms with van der Waals surface area (Å²) in [6.07, 6.45) is -2.67. The number of hydrogen-bond acceptors (Lipinski definition) is 2. The van der Waals surface area contributed by atoms with E-state index in [1.807, 2.05) is 6.92 Å². The topological polar surface area (TPSA) is 40.7 Å². The predicted octanol–water partition coefficient (Wildman–Crippen LogP) is 3.35. The number of anilines is 1. The molecule has 0 bridgehead atoms. The molecule has 1 aromatic heterocycles. The summed E-state index contributed by atoms with van der Waals surface area (Å²) in [5.41, 5.74) is 0.593. The fraction of sp³-hybridized carbons (Fsp3) is 0.250. The lowest BCUT2D eigenvalue weighted by atomic mass is 10.2. The molecule has 6 heteroatoms. The van der Waals surface area contributed by atoms with Gasteiger partial charge in [-0.25, -0.2) is 4.98 Å². The number of aromatic nitrogens is 2. The Morgan fingerprint density at radius 3 is 2.72 bits per heavy atom. The minimum atomic E-state index is -4.32. The van der Waals surface area contributed by atoms with E-state index >= 15 is 0 Å². The summed E-state index contributed by atoms with van der Waals surface area (Å²) in [5.74, 6) is 0.774. The molecule has 0 amide bonds. The first kappa shape index (κ1) is 12.5. The number of aryl methyl sites for hydroxylation is 1. The highest BCUT2D eigenvalue weighted by molar-refractivity contribution is 5.46. The Hall–Kier alpha value is -1.98. The van der Waals surface area contributed by atoms with E-state index in [4.69, 9.17) is 0 Å². The summed E-state index contributed by atoms with van der Waals surface area (Å²) < 4.78 is 37.5. The van der Waals surface area contributed by atoms with Gasteiger partial charge in [0.1, 0.15) is 5.82 Å². The van der Waals surface area contributed by atoms with Crippen molar-refractivity contribution in [1.82, 2.24) is 9.97 Å². The van der Waals surface area contributed by atoms with Gasteiger partial charge < -0.3 is 10.3 Å². The third-order valence-corrected chi connectivity index (χ3v) is 2.43. The maximum Gasteiger partial charge on any atom is 0.416 e. The number of H-pyrrole nitrogens is 1. The van der Waals surface area contributed by atoms with Crippen molar-refractivity contribution in [3.05, 3.63) is 47.5 Å². The molecule has 0 unspecified atom stereocenters. The van der Waals surface area contributed by atoms with E-state index in [2.05, 4.69) is 15.3 Å². The first-order chi connectivity index (χ1) is 8.45. The van der Waals surface area contributed by atoms with Crippen molar-refractivity contribution in [1.29, 1.82) is 0 Å². The molecule has 0 radical (unpaired) electrons. The second-order valence-electron chi connectivity index (χ2n) is 3.93. The molecule has 0 atom stereocenters. The van der Waals surface area contributed by atoms with Gasteiger partial charge in [0.25, 0.3) is 0 Å². The van der Waals surface area contributed by atoms with Crippen LogP contribution in [0.4, 0.5) is 18.9 Å². The van der Waals surface area contributed by atoms with E-state index in [0.717, 1.165) is 23.7 Å². The van der Waals surface area contributed by atoms with Crippen LogP contribution in [0.15, 0.2) is 30.5 Å². The molecule has 0 aliphatic heterocycles. The lowest BCUT2D eigenvalue weighted by molar-refractivity contribution is -0.137. The predicted molar refractivity (Wildman–Crippen MR) is 62.1 cm³/mol. The zero-order valence-corrected chi connectivity index (χ0v) is 9.67. The zero-order chi connectivity index (χ0) is 13.2. The highest BCUT2D eigenvalue weighted by Gasteiger charge is 2.30. The number of rotatable bonds is 3. The van der Waals surface area contributed by atoms with E-state index in [1.54, 1.807) is 12.3 Å². The lowest BCUT2D eigenvalue weighted by Gasteiger charge is -2.09. The Bertz CT molecular complexity index is 531. The highest BCUT2D eigenvalue weighted by atomic mass is 19.4. The molecule has 96 valence electrons. The molecule has 0 saturated carbocycles. The van der Waals surface area contributed by atoms with Crippen LogP contribution in [0.2, 0.25) is 0 Å². The molecular formula is C12H12F3N3. The smallest absolute Gasteiger partial charge is 0.379 e. The quantitative estimate of drug-likeness (QED) is 0.883. The molecule has 18 heavy (non-hydrogen) atoms. The maximum absolute atomic E-state index is 12.5. The molecule has 0 fully saturated rings. The summed E-state index contributed by atoms with van der Waals surface area (Å²) in [5, 5.41) is 2.92. The summed E-state index contributed by atoms with van der Waals surface area (Å²) in [7, 11) is 0. The average Bonchev–Trinajstić information content (AvgIpc) is 2.72. The molecular weight excluding hydrogens is 243 g/mol. The van der Waals surface area contributed by atoms with Crippen molar-refractivity contribution >= 4 is 5.69 Å². The van der Waals surface area contributed by atoms with Gasteiger partial charge >= 0.3 is 6.18 Å². The molecule has 0 saturated heterocycles. The van der Waals surface area contributed by atoms with Gasteiger partial charge in [0.15, 0.2) is 0 Å². The van der Waals surface area contributed by atoms with E-state index < -0.39 is 11.7 Å². The number of benzene rings is 1. The van der Waals surface area contributed by atoms with E-state index in [0.29, 0.717) is 12.2 Å². The molecule has 2 N–H and O–H groups in total. The maximum atomic E-state index is 12.5. The van der Waals surface area contributed by atoms with Crippen molar-refractivity contribution < 1.29 is 13.2 Å². The number of alkyl halides is 3. The largest absolute Gasteiger partial charge is 0.416 e. The van der Waals surface area contributed by atoms with Gasteiger partial charge in [0.05, 0.1) is 24.0 Å². The monoisotopic (exact) mass is 255 g/mol. The normalized spacial score (nSPS) is 11.6. The third kappa shape index (κ3) is 3.03. The van der Waals surface area contributed by atoms with Gasteiger partial charge in [0, 0.05) is 5.69 Å². The fourth-order valence-corrected chi connectivity index (χ4v) is 1.56. The molecule has 3 nitrogen and oxygen atoms in total. The van der Waals surface area contributed by atoms with Crippen molar-refractivity contribution in [3.8, 4) is 0 Å². The molecule has 0 aliphatic carbocycles. The molecule has 0 aliphatic rings. The summed E-state index contributed by atoms with van der Waals surface area (Å²) in [6.45, 7) is 2.22. The second-order valence-corrected chi connectivity index (χ2v) is 3.93. The van der Waals surface area contributed by atoms with E-state index in [9.17, 15) is 13.2 Å². The van der Waals surface area contributed by atoms with Crippen LogP contribution < -0.4 is 5.32 Å². The van der Waals surface area contributed by atoms with E-state index in [1.165, 1.54) is 6.07 Å². The highest BCUT2D eigenvalue weighted by Crippen LogP contribution is 2.30. The minimum Gasteiger partial charge on any atom is -0.379 e. The lowest BCUT2D eigenvalue weighted by Crippen LogP contribution is -2.06. The van der Waals surface area contributed by atoms with Gasteiger partial charge in [-0.15, -0.1) is 0 Å². The van der Waals surface area contributed by atoms with Crippen LogP contribution in [0.25, 0.3) is 0 Å². The molecule has 0 spiro atoms. The number of nitrogens with zero attached hydrogens (tertiary/aromatic N) is 1. The van der Waals surface area contributed by atoms with Gasteiger partial charge in [-0.3, -0.25) is 0 Å². The van der Waals surface area contributed by atoms with Crippen molar-refractivity contribution in [2.45, 2.75) is 19.6 Å². The van der Waals surface area contributed by atoms with Gasteiger partial charge in [0.2, 0.25) is 0 Å². The number of imidazole rings is 1. The van der Waals surface area contributed by atoms with Crippen molar-refractivity contribution in [2.75, 3.05) is 5.32 Å². The first-order valence-electron chi connectivity index (χ1n) is 5.37.